The van der Waals surface area contributed by atoms with E-state index in [1.165, 1.54) is 24.0 Å². The van der Waals surface area contributed by atoms with Gasteiger partial charge in [-0.2, -0.15) is 0 Å². The molecule has 0 spiro atoms. The molecule has 1 aliphatic rings. The topological polar surface area (TPSA) is 0 Å². The van der Waals surface area contributed by atoms with Gasteiger partial charge in [-0.1, -0.05) is 54.3 Å². The van der Waals surface area contributed by atoms with Crippen LogP contribution in [-0.4, -0.2) is 0 Å². The molecule has 82 valence electrons. The maximum atomic E-state index is 3.40. The minimum atomic E-state index is 0.423. The van der Waals surface area contributed by atoms with Gasteiger partial charge in [-0.05, 0) is 36.1 Å². The van der Waals surface area contributed by atoms with Gasteiger partial charge in [-0.3, -0.25) is 0 Å². The number of hydrogen-bond donors (Lipinski definition) is 0. The minimum absolute atomic E-state index is 0.423. The van der Waals surface area contributed by atoms with Crippen LogP contribution in [0.1, 0.15) is 29.0 Å². The van der Waals surface area contributed by atoms with Crippen LogP contribution in [0.4, 0.5) is 0 Å². The molecule has 0 radical (unpaired) electrons. The van der Waals surface area contributed by atoms with E-state index in [4.69, 9.17) is 0 Å². The van der Waals surface area contributed by atoms with E-state index in [0.717, 1.165) is 5.56 Å². The van der Waals surface area contributed by atoms with E-state index in [2.05, 4.69) is 48.2 Å². The van der Waals surface area contributed by atoms with E-state index in [-0.39, 0.29) is 0 Å². The SMILES string of the molecule is C(#CC1CCc2ccccc21)c1ccccc1. The summed E-state index contributed by atoms with van der Waals surface area (Å²) in [6, 6.07) is 18.9. The third kappa shape index (κ3) is 2.10. The summed E-state index contributed by atoms with van der Waals surface area (Å²) in [5, 5.41) is 0. The largest absolute Gasteiger partial charge is 0.0897 e. The van der Waals surface area contributed by atoms with Crippen LogP contribution in [-0.2, 0) is 6.42 Å². The molecule has 0 nitrogen and oxygen atoms in total. The van der Waals surface area contributed by atoms with Crippen molar-refractivity contribution in [2.24, 2.45) is 0 Å². The maximum absolute atomic E-state index is 3.40. The first-order valence-electron chi connectivity index (χ1n) is 6.08. The van der Waals surface area contributed by atoms with Gasteiger partial charge in [0, 0.05) is 11.5 Å². The summed E-state index contributed by atoms with van der Waals surface area (Å²) < 4.78 is 0. The van der Waals surface area contributed by atoms with E-state index < -0.39 is 0 Å². The van der Waals surface area contributed by atoms with Gasteiger partial charge in [-0.25, -0.2) is 0 Å². The molecule has 0 saturated carbocycles. The van der Waals surface area contributed by atoms with Crippen LogP contribution in [0.5, 0.6) is 0 Å². The Labute approximate surface area is 102 Å². The van der Waals surface area contributed by atoms with Crippen LogP contribution >= 0.6 is 0 Å². The summed E-state index contributed by atoms with van der Waals surface area (Å²) in [5.41, 5.74) is 4.01. The van der Waals surface area contributed by atoms with Crippen molar-refractivity contribution in [2.45, 2.75) is 18.8 Å². The molecule has 0 aromatic heterocycles. The molecular formula is C17H14. The van der Waals surface area contributed by atoms with Crippen molar-refractivity contribution in [1.82, 2.24) is 0 Å². The van der Waals surface area contributed by atoms with Gasteiger partial charge in [0.1, 0.15) is 0 Å². The van der Waals surface area contributed by atoms with E-state index in [1.54, 1.807) is 0 Å². The lowest BCUT2D eigenvalue weighted by Crippen LogP contribution is -1.88. The summed E-state index contributed by atoms with van der Waals surface area (Å²) in [5.74, 6) is 7.10. The second kappa shape index (κ2) is 4.47. The lowest BCUT2D eigenvalue weighted by Gasteiger charge is -2.02. The molecule has 0 bridgehead atoms. The molecule has 2 aromatic rings. The molecule has 17 heavy (non-hydrogen) atoms. The van der Waals surface area contributed by atoms with Crippen molar-refractivity contribution >= 4 is 0 Å². The summed E-state index contributed by atoms with van der Waals surface area (Å²) in [7, 11) is 0. The smallest absolute Gasteiger partial charge is 0.0461 e. The molecular weight excluding hydrogens is 204 g/mol. The average molecular weight is 218 g/mol. The highest BCUT2D eigenvalue weighted by Crippen LogP contribution is 2.32. The molecule has 2 aromatic carbocycles. The molecule has 1 atom stereocenters. The Balaban J connectivity index is 1.87. The van der Waals surface area contributed by atoms with Gasteiger partial charge in [0.2, 0.25) is 0 Å². The van der Waals surface area contributed by atoms with Crippen molar-refractivity contribution in [3.8, 4) is 11.8 Å². The number of fused-ring (bicyclic) bond motifs is 1. The summed E-state index contributed by atoms with van der Waals surface area (Å²) in [6.07, 6.45) is 2.34. The average Bonchev–Trinajstić information content (AvgIpc) is 2.81. The summed E-state index contributed by atoms with van der Waals surface area (Å²) in [4.78, 5) is 0. The maximum Gasteiger partial charge on any atom is 0.0461 e. The number of rotatable bonds is 0. The van der Waals surface area contributed by atoms with Crippen LogP contribution in [0.2, 0.25) is 0 Å². The van der Waals surface area contributed by atoms with Gasteiger partial charge < -0.3 is 0 Å². The Morgan fingerprint density at radius 3 is 2.53 bits per heavy atom. The molecule has 1 unspecified atom stereocenters. The molecule has 0 saturated heterocycles. The predicted molar refractivity (Wildman–Crippen MR) is 70.8 cm³/mol. The third-order valence-corrected chi connectivity index (χ3v) is 3.30. The first kappa shape index (κ1) is 10.2. The molecule has 0 heteroatoms. The summed E-state index contributed by atoms with van der Waals surface area (Å²) >= 11 is 0. The Kier molecular flexibility index (Phi) is 2.68. The fourth-order valence-corrected chi connectivity index (χ4v) is 2.40. The molecule has 0 amide bonds. The van der Waals surface area contributed by atoms with Crippen molar-refractivity contribution in [1.29, 1.82) is 0 Å². The van der Waals surface area contributed by atoms with Gasteiger partial charge >= 0.3 is 0 Å². The fraction of sp³-hybridized carbons (Fsp3) is 0.176. The van der Waals surface area contributed by atoms with Crippen LogP contribution < -0.4 is 0 Å². The fourth-order valence-electron chi connectivity index (χ4n) is 2.40. The zero-order valence-electron chi connectivity index (χ0n) is 9.69. The van der Waals surface area contributed by atoms with Crippen molar-refractivity contribution in [3.05, 3.63) is 71.3 Å². The van der Waals surface area contributed by atoms with Crippen molar-refractivity contribution in [3.63, 3.8) is 0 Å². The van der Waals surface area contributed by atoms with Gasteiger partial charge in [0.15, 0.2) is 0 Å². The van der Waals surface area contributed by atoms with Crippen LogP contribution in [0, 0.1) is 11.8 Å². The third-order valence-electron chi connectivity index (χ3n) is 3.30. The van der Waals surface area contributed by atoms with Crippen LogP contribution in [0.3, 0.4) is 0 Å². The van der Waals surface area contributed by atoms with Crippen LogP contribution in [0.25, 0.3) is 0 Å². The normalized spacial score (nSPS) is 17.1. The molecule has 0 fully saturated rings. The Morgan fingerprint density at radius 1 is 0.882 bits per heavy atom. The number of hydrogen-bond acceptors (Lipinski definition) is 0. The second-order valence-corrected chi connectivity index (χ2v) is 4.43. The monoisotopic (exact) mass is 218 g/mol. The quantitative estimate of drug-likeness (QED) is 0.590. The Bertz CT molecular complexity index is 570. The minimum Gasteiger partial charge on any atom is -0.0897 e. The van der Waals surface area contributed by atoms with Crippen LogP contribution in [0.15, 0.2) is 54.6 Å². The van der Waals surface area contributed by atoms with E-state index in [9.17, 15) is 0 Å². The first-order chi connectivity index (χ1) is 8.43. The van der Waals surface area contributed by atoms with Gasteiger partial charge in [0.05, 0.1) is 0 Å². The first-order valence-corrected chi connectivity index (χ1v) is 6.08. The van der Waals surface area contributed by atoms with Gasteiger partial charge in [-0.15, -0.1) is 0 Å². The lowest BCUT2D eigenvalue weighted by atomic mass is 10.0. The zero-order chi connectivity index (χ0) is 11.5. The molecule has 3 rings (SSSR count). The highest BCUT2D eigenvalue weighted by atomic mass is 14.2. The van der Waals surface area contributed by atoms with Crippen molar-refractivity contribution in [2.75, 3.05) is 0 Å². The predicted octanol–water partition coefficient (Wildman–Crippen LogP) is 3.77. The molecule has 0 N–H and O–H groups in total. The highest BCUT2D eigenvalue weighted by molar-refractivity contribution is 5.43. The van der Waals surface area contributed by atoms with E-state index in [1.807, 2.05) is 18.2 Å². The standard InChI is InChI=1S/C17H14/c1-2-6-14(7-3-1)10-11-16-13-12-15-8-4-5-9-17(15)16/h1-9,16H,12-13H2. The Morgan fingerprint density at radius 2 is 1.65 bits per heavy atom. The van der Waals surface area contributed by atoms with Crippen molar-refractivity contribution < 1.29 is 0 Å². The lowest BCUT2D eigenvalue weighted by molar-refractivity contribution is 0.836. The highest BCUT2D eigenvalue weighted by Gasteiger charge is 2.19. The molecule has 0 aliphatic heterocycles. The Hall–Kier alpha value is -2.00. The number of benzene rings is 2. The molecule has 0 heterocycles. The summed E-state index contributed by atoms with van der Waals surface area (Å²) in [6.45, 7) is 0. The van der Waals surface area contributed by atoms with E-state index >= 15 is 0 Å². The number of aryl methyl sites for hydroxylation is 1. The molecule has 1 aliphatic carbocycles. The second-order valence-electron chi connectivity index (χ2n) is 4.43. The van der Waals surface area contributed by atoms with E-state index in [0.29, 0.717) is 5.92 Å². The van der Waals surface area contributed by atoms with Gasteiger partial charge in [0.25, 0.3) is 0 Å². The zero-order valence-corrected chi connectivity index (χ0v) is 9.69.